The van der Waals surface area contributed by atoms with Gasteiger partial charge in [-0.2, -0.15) is 0 Å². The number of aryl methyl sites for hydroxylation is 1. The van der Waals surface area contributed by atoms with Gasteiger partial charge in [0.2, 0.25) is 5.91 Å². The van der Waals surface area contributed by atoms with Gasteiger partial charge in [-0.15, -0.1) is 0 Å². The highest BCUT2D eigenvalue weighted by molar-refractivity contribution is 6.35. The molecule has 0 heterocycles. The smallest absolute Gasteiger partial charge is 0.250 e. The van der Waals surface area contributed by atoms with Crippen molar-refractivity contribution in [2.45, 2.75) is 13.5 Å². The largest absolute Gasteiger partial charge is 0.367 e. The molecule has 0 spiro atoms. The number of rotatable bonds is 5. The molecule has 0 aliphatic rings. The first-order chi connectivity index (χ1) is 10.1. The Kier molecular flexibility index (Phi) is 5.62. The fourth-order valence-electron chi connectivity index (χ4n) is 1.84. The van der Waals surface area contributed by atoms with Gasteiger partial charge in [-0.1, -0.05) is 41.4 Å². The van der Waals surface area contributed by atoms with Crippen molar-refractivity contribution in [2.75, 3.05) is 11.9 Å². The van der Waals surface area contributed by atoms with Crippen LogP contribution >= 0.6 is 23.2 Å². The number of hydrogen-bond acceptors (Lipinski definition) is 2. The van der Waals surface area contributed by atoms with Crippen molar-refractivity contribution in [3.8, 4) is 0 Å². The van der Waals surface area contributed by atoms with Crippen molar-refractivity contribution >= 4 is 34.8 Å². The van der Waals surface area contributed by atoms with E-state index in [1.165, 1.54) is 0 Å². The second-order valence-electron chi connectivity index (χ2n) is 4.61. The zero-order valence-electron chi connectivity index (χ0n) is 11.5. The van der Waals surface area contributed by atoms with E-state index in [0.717, 1.165) is 11.3 Å². The fraction of sp³-hybridized carbons (Fsp3) is 0.188. The zero-order chi connectivity index (χ0) is 15.2. The molecule has 1 N–H and O–H groups in total. The maximum atomic E-state index is 11.8. The summed E-state index contributed by atoms with van der Waals surface area (Å²) >= 11 is 12.1. The average molecular weight is 324 g/mol. The first kappa shape index (κ1) is 15.8. The molecule has 1 amide bonds. The van der Waals surface area contributed by atoms with E-state index in [1.54, 1.807) is 18.2 Å². The third-order valence-corrected chi connectivity index (χ3v) is 3.55. The Balaban J connectivity index is 1.85. The van der Waals surface area contributed by atoms with Gasteiger partial charge in [-0.05, 0) is 36.8 Å². The number of carbonyl (C=O) groups excluding carboxylic acids is 1. The molecule has 2 aromatic rings. The topological polar surface area (TPSA) is 38.3 Å². The van der Waals surface area contributed by atoms with Crippen LogP contribution in [0.3, 0.4) is 0 Å². The highest BCUT2D eigenvalue weighted by atomic mass is 35.5. The number of hydrogen-bond donors (Lipinski definition) is 1. The summed E-state index contributed by atoms with van der Waals surface area (Å²) in [4.78, 5) is 11.8. The van der Waals surface area contributed by atoms with Crippen LogP contribution in [0.5, 0.6) is 0 Å². The van der Waals surface area contributed by atoms with E-state index < -0.39 is 0 Å². The Morgan fingerprint density at radius 1 is 1.14 bits per heavy atom. The summed E-state index contributed by atoms with van der Waals surface area (Å²) < 4.78 is 5.36. The highest BCUT2D eigenvalue weighted by Gasteiger charge is 2.07. The second-order valence-corrected chi connectivity index (χ2v) is 5.43. The number of ether oxygens (including phenoxy) is 1. The van der Waals surface area contributed by atoms with Crippen molar-refractivity contribution in [2.24, 2.45) is 0 Å². The van der Waals surface area contributed by atoms with Crippen LogP contribution in [0.2, 0.25) is 10.0 Å². The van der Waals surface area contributed by atoms with Crippen LogP contribution in [-0.4, -0.2) is 12.5 Å². The summed E-state index contributed by atoms with van der Waals surface area (Å²) in [5.74, 6) is -0.219. The van der Waals surface area contributed by atoms with E-state index in [0.29, 0.717) is 15.6 Å². The lowest BCUT2D eigenvalue weighted by Crippen LogP contribution is -2.18. The number of anilines is 1. The molecule has 2 rings (SSSR count). The van der Waals surface area contributed by atoms with Gasteiger partial charge in [0.15, 0.2) is 0 Å². The molecule has 0 atom stereocenters. The summed E-state index contributed by atoms with van der Waals surface area (Å²) in [5.41, 5.74) is 2.51. The monoisotopic (exact) mass is 323 g/mol. The number of amides is 1. The molecule has 0 saturated carbocycles. The summed E-state index contributed by atoms with van der Waals surface area (Å²) in [6, 6.07) is 12.8. The highest BCUT2D eigenvalue weighted by Crippen LogP contribution is 2.24. The predicted molar refractivity (Wildman–Crippen MR) is 85.9 cm³/mol. The second kappa shape index (κ2) is 7.46. The zero-order valence-corrected chi connectivity index (χ0v) is 13.0. The molecule has 0 aliphatic carbocycles. The van der Waals surface area contributed by atoms with Crippen LogP contribution < -0.4 is 5.32 Å². The third-order valence-electron chi connectivity index (χ3n) is 2.84. The van der Waals surface area contributed by atoms with Crippen LogP contribution in [0.15, 0.2) is 42.5 Å². The molecule has 21 heavy (non-hydrogen) atoms. The summed E-state index contributed by atoms with van der Waals surface area (Å²) in [7, 11) is 0. The Bertz CT molecular complexity index is 624. The lowest BCUT2D eigenvalue weighted by Gasteiger charge is -2.09. The van der Waals surface area contributed by atoms with Crippen LogP contribution in [0.4, 0.5) is 5.69 Å². The van der Waals surface area contributed by atoms with Crippen LogP contribution in [-0.2, 0) is 16.1 Å². The molecule has 3 nitrogen and oxygen atoms in total. The molecule has 0 bridgehead atoms. The standard InChI is InChI=1S/C16H15Cl2NO2/c1-11-4-2-5-12(8-11)19-16(20)10-21-9-13-14(17)6-3-7-15(13)18/h2-8H,9-10H2,1H3,(H,19,20). The number of carbonyl (C=O) groups is 1. The minimum atomic E-state index is -0.219. The van der Waals surface area contributed by atoms with E-state index in [-0.39, 0.29) is 19.1 Å². The van der Waals surface area contributed by atoms with Crippen LogP contribution in [0.25, 0.3) is 0 Å². The molecule has 0 aromatic heterocycles. The third kappa shape index (κ3) is 4.74. The summed E-state index contributed by atoms with van der Waals surface area (Å²) in [5, 5.41) is 3.83. The van der Waals surface area contributed by atoms with Gasteiger partial charge in [0.05, 0.1) is 6.61 Å². The quantitative estimate of drug-likeness (QED) is 0.882. The Hall–Kier alpha value is -1.55. The van der Waals surface area contributed by atoms with Crippen LogP contribution in [0, 0.1) is 6.92 Å². The van der Waals surface area contributed by atoms with E-state index in [4.69, 9.17) is 27.9 Å². The maximum absolute atomic E-state index is 11.8. The van der Waals surface area contributed by atoms with E-state index >= 15 is 0 Å². The molecule has 0 fully saturated rings. The van der Waals surface area contributed by atoms with Crippen LogP contribution in [0.1, 0.15) is 11.1 Å². The van der Waals surface area contributed by atoms with Gasteiger partial charge in [0, 0.05) is 21.3 Å². The van der Waals surface area contributed by atoms with Gasteiger partial charge in [-0.25, -0.2) is 0 Å². The lowest BCUT2D eigenvalue weighted by atomic mass is 10.2. The molecular weight excluding hydrogens is 309 g/mol. The lowest BCUT2D eigenvalue weighted by molar-refractivity contribution is -0.121. The van der Waals surface area contributed by atoms with E-state index in [1.807, 2.05) is 31.2 Å². The Morgan fingerprint density at radius 2 is 1.81 bits per heavy atom. The molecule has 0 saturated heterocycles. The fourth-order valence-corrected chi connectivity index (χ4v) is 2.34. The number of halogens is 2. The van der Waals surface area contributed by atoms with Gasteiger partial charge < -0.3 is 10.1 Å². The Labute approximate surface area is 133 Å². The average Bonchev–Trinajstić information content (AvgIpc) is 2.42. The normalized spacial score (nSPS) is 10.4. The van der Waals surface area contributed by atoms with Gasteiger partial charge >= 0.3 is 0 Å². The first-order valence-corrected chi connectivity index (χ1v) is 7.19. The first-order valence-electron chi connectivity index (χ1n) is 6.43. The van der Waals surface area contributed by atoms with E-state index in [9.17, 15) is 4.79 Å². The van der Waals surface area contributed by atoms with Gasteiger partial charge in [0.25, 0.3) is 0 Å². The number of benzene rings is 2. The molecule has 110 valence electrons. The molecule has 2 aromatic carbocycles. The minimum Gasteiger partial charge on any atom is -0.367 e. The van der Waals surface area contributed by atoms with Crippen molar-refractivity contribution < 1.29 is 9.53 Å². The van der Waals surface area contributed by atoms with Gasteiger partial charge in [0.1, 0.15) is 6.61 Å². The molecular formula is C16H15Cl2NO2. The number of nitrogens with one attached hydrogen (secondary N) is 1. The molecule has 0 unspecified atom stereocenters. The summed E-state index contributed by atoms with van der Waals surface area (Å²) in [6.07, 6.45) is 0. The molecule has 0 aliphatic heterocycles. The van der Waals surface area contributed by atoms with Crippen molar-refractivity contribution in [1.82, 2.24) is 0 Å². The van der Waals surface area contributed by atoms with Crippen molar-refractivity contribution in [3.63, 3.8) is 0 Å². The SMILES string of the molecule is Cc1cccc(NC(=O)COCc2c(Cl)cccc2Cl)c1. The Morgan fingerprint density at radius 3 is 2.48 bits per heavy atom. The maximum Gasteiger partial charge on any atom is 0.250 e. The molecule has 5 heteroatoms. The minimum absolute atomic E-state index is 0.0600. The van der Waals surface area contributed by atoms with E-state index in [2.05, 4.69) is 5.32 Å². The summed E-state index contributed by atoms with van der Waals surface area (Å²) in [6.45, 7) is 2.10. The van der Waals surface area contributed by atoms with Crippen molar-refractivity contribution in [1.29, 1.82) is 0 Å². The molecule has 0 radical (unpaired) electrons. The van der Waals surface area contributed by atoms with Crippen molar-refractivity contribution in [3.05, 3.63) is 63.6 Å². The van der Waals surface area contributed by atoms with Gasteiger partial charge in [-0.3, -0.25) is 4.79 Å². The predicted octanol–water partition coefficient (Wildman–Crippen LogP) is 4.46.